The van der Waals surface area contributed by atoms with Crippen molar-refractivity contribution in [3.8, 4) is 0 Å². The maximum Gasteiger partial charge on any atom is 0.522 e. The Morgan fingerprint density at radius 3 is 2.39 bits per heavy atom. The maximum absolute atomic E-state index is 12.6. The highest BCUT2D eigenvalue weighted by Crippen LogP contribution is 2.15. The summed E-state index contributed by atoms with van der Waals surface area (Å²) < 4.78 is 51.3. The number of halogens is 4. The highest BCUT2D eigenvalue weighted by Gasteiger charge is 2.28. The molecule has 1 atom stereocenters. The summed E-state index contributed by atoms with van der Waals surface area (Å²) in [5, 5.41) is 2.90. The molecule has 1 aromatic rings. The Morgan fingerprint density at radius 2 is 1.83 bits per heavy atom. The molecule has 0 aliphatic heterocycles. The summed E-state index contributed by atoms with van der Waals surface area (Å²) in [7, 11) is 0. The highest BCUT2D eigenvalue weighted by molar-refractivity contribution is 5.16. The fraction of sp³-hybridized carbons (Fsp3) is 0.500. The molecular weight excluding hydrogens is 250 g/mol. The van der Waals surface area contributed by atoms with Gasteiger partial charge in [0.1, 0.15) is 5.82 Å². The molecule has 2 nitrogen and oxygen atoms in total. The lowest BCUT2D eigenvalue weighted by molar-refractivity contribution is -0.323. The number of alkyl halides is 3. The van der Waals surface area contributed by atoms with Crippen LogP contribution in [0.1, 0.15) is 12.5 Å². The van der Waals surface area contributed by atoms with Crippen LogP contribution in [-0.2, 0) is 11.2 Å². The van der Waals surface area contributed by atoms with E-state index in [0.717, 1.165) is 5.56 Å². The molecule has 0 saturated carbocycles. The Balaban J connectivity index is 2.21. The van der Waals surface area contributed by atoms with Crippen molar-refractivity contribution < 1.29 is 22.3 Å². The Labute approximate surface area is 103 Å². The molecule has 0 aliphatic rings. The van der Waals surface area contributed by atoms with Gasteiger partial charge in [-0.15, -0.1) is 13.2 Å². The van der Waals surface area contributed by atoms with Crippen molar-refractivity contribution in [1.82, 2.24) is 5.32 Å². The van der Waals surface area contributed by atoms with Gasteiger partial charge in [-0.3, -0.25) is 4.74 Å². The lowest BCUT2D eigenvalue weighted by Crippen LogP contribution is -2.32. The van der Waals surface area contributed by atoms with Crippen LogP contribution in [0.4, 0.5) is 17.6 Å². The number of ether oxygens (including phenoxy) is 1. The normalized spacial score (nSPS) is 13.6. The molecule has 1 aromatic carbocycles. The van der Waals surface area contributed by atoms with Crippen LogP contribution >= 0.6 is 0 Å². The van der Waals surface area contributed by atoms with Crippen LogP contribution in [0.3, 0.4) is 0 Å². The zero-order valence-electron chi connectivity index (χ0n) is 9.93. The van der Waals surface area contributed by atoms with Crippen LogP contribution in [0.25, 0.3) is 0 Å². The van der Waals surface area contributed by atoms with Gasteiger partial charge in [0.15, 0.2) is 0 Å². The van der Waals surface area contributed by atoms with Crippen LogP contribution in [-0.4, -0.2) is 25.6 Å². The van der Waals surface area contributed by atoms with Crippen LogP contribution < -0.4 is 5.32 Å². The number of nitrogens with one attached hydrogen (secondary N) is 1. The summed E-state index contributed by atoms with van der Waals surface area (Å²) >= 11 is 0. The second kappa shape index (κ2) is 6.70. The number of hydrogen-bond donors (Lipinski definition) is 1. The van der Waals surface area contributed by atoms with E-state index in [1.165, 1.54) is 12.1 Å². The van der Waals surface area contributed by atoms with Gasteiger partial charge in [-0.05, 0) is 31.0 Å². The Kier molecular flexibility index (Phi) is 5.55. The van der Waals surface area contributed by atoms with Crippen molar-refractivity contribution in [2.45, 2.75) is 25.7 Å². The summed E-state index contributed by atoms with van der Waals surface area (Å²) in [4.78, 5) is 0. The van der Waals surface area contributed by atoms with E-state index in [2.05, 4.69) is 10.1 Å². The molecule has 1 rings (SSSR count). The minimum atomic E-state index is -4.58. The first-order chi connectivity index (χ1) is 8.37. The molecule has 0 amide bonds. The summed E-state index contributed by atoms with van der Waals surface area (Å²) in [6.45, 7) is 1.54. The predicted octanol–water partition coefficient (Wildman–Crippen LogP) is 2.88. The van der Waals surface area contributed by atoms with Gasteiger partial charge in [-0.25, -0.2) is 4.39 Å². The Bertz CT molecular complexity index is 350. The standard InChI is InChI=1S/C12H15F4NO/c1-9(17-6-7-18-12(14,15)16)8-10-2-4-11(13)5-3-10/h2-5,9,17H,6-8H2,1H3. The van der Waals surface area contributed by atoms with Crippen LogP contribution in [0, 0.1) is 5.82 Å². The minimum Gasteiger partial charge on any atom is -0.312 e. The Hall–Kier alpha value is -1.14. The van der Waals surface area contributed by atoms with E-state index < -0.39 is 13.0 Å². The fourth-order valence-electron chi connectivity index (χ4n) is 1.52. The van der Waals surface area contributed by atoms with Gasteiger partial charge in [0.2, 0.25) is 0 Å². The third-order valence-corrected chi connectivity index (χ3v) is 2.32. The summed E-state index contributed by atoms with van der Waals surface area (Å²) in [5.74, 6) is -0.307. The summed E-state index contributed by atoms with van der Waals surface area (Å²) in [5.41, 5.74) is 0.924. The van der Waals surface area contributed by atoms with Crippen LogP contribution in [0.15, 0.2) is 24.3 Å². The van der Waals surface area contributed by atoms with Gasteiger partial charge in [0, 0.05) is 12.6 Å². The minimum absolute atomic E-state index is 0.00713. The molecule has 0 aromatic heterocycles. The molecule has 0 bridgehead atoms. The molecule has 102 valence electrons. The molecule has 6 heteroatoms. The van der Waals surface area contributed by atoms with Gasteiger partial charge < -0.3 is 5.32 Å². The third kappa shape index (κ3) is 6.56. The molecule has 18 heavy (non-hydrogen) atoms. The summed E-state index contributed by atoms with van der Waals surface area (Å²) in [6.07, 6.45) is -3.96. The van der Waals surface area contributed by atoms with Gasteiger partial charge >= 0.3 is 6.36 Å². The van der Waals surface area contributed by atoms with E-state index in [1.54, 1.807) is 12.1 Å². The highest BCUT2D eigenvalue weighted by atomic mass is 19.4. The quantitative estimate of drug-likeness (QED) is 0.631. The average Bonchev–Trinajstić information content (AvgIpc) is 2.26. The molecule has 1 unspecified atom stereocenters. The molecule has 0 heterocycles. The van der Waals surface area contributed by atoms with E-state index in [0.29, 0.717) is 6.42 Å². The Morgan fingerprint density at radius 1 is 1.22 bits per heavy atom. The molecule has 0 saturated heterocycles. The van der Waals surface area contributed by atoms with E-state index in [1.807, 2.05) is 6.92 Å². The van der Waals surface area contributed by atoms with Crippen LogP contribution in [0.2, 0.25) is 0 Å². The van der Waals surface area contributed by atoms with Gasteiger partial charge in [-0.2, -0.15) is 0 Å². The lowest BCUT2D eigenvalue weighted by Gasteiger charge is -2.14. The number of benzene rings is 1. The fourth-order valence-corrected chi connectivity index (χ4v) is 1.52. The smallest absolute Gasteiger partial charge is 0.312 e. The molecule has 0 radical (unpaired) electrons. The van der Waals surface area contributed by atoms with E-state index >= 15 is 0 Å². The largest absolute Gasteiger partial charge is 0.522 e. The first kappa shape index (κ1) is 14.9. The molecule has 0 spiro atoms. The number of hydrogen-bond acceptors (Lipinski definition) is 2. The second-order valence-electron chi connectivity index (χ2n) is 3.98. The SMILES string of the molecule is CC(Cc1ccc(F)cc1)NCCOC(F)(F)F. The average molecular weight is 265 g/mol. The second-order valence-corrected chi connectivity index (χ2v) is 3.98. The first-order valence-corrected chi connectivity index (χ1v) is 5.55. The number of rotatable bonds is 6. The third-order valence-electron chi connectivity index (χ3n) is 2.32. The van der Waals surface area contributed by atoms with Crippen molar-refractivity contribution in [3.05, 3.63) is 35.6 Å². The van der Waals surface area contributed by atoms with E-state index in [4.69, 9.17) is 0 Å². The molecule has 0 aliphatic carbocycles. The van der Waals surface area contributed by atoms with Crippen molar-refractivity contribution >= 4 is 0 Å². The van der Waals surface area contributed by atoms with Crippen molar-refractivity contribution in [2.75, 3.05) is 13.2 Å². The summed E-state index contributed by atoms with van der Waals surface area (Å²) in [6, 6.07) is 6.01. The molecule has 1 N–H and O–H groups in total. The van der Waals surface area contributed by atoms with Crippen molar-refractivity contribution in [1.29, 1.82) is 0 Å². The first-order valence-electron chi connectivity index (χ1n) is 5.55. The van der Waals surface area contributed by atoms with Gasteiger partial charge in [-0.1, -0.05) is 12.1 Å². The monoisotopic (exact) mass is 265 g/mol. The van der Waals surface area contributed by atoms with Crippen molar-refractivity contribution in [2.24, 2.45) is 0 Å². The maximum atomic E-state index is 12.6. The van der Waals surface area contributed by atoms with E-state index in [-0.39, 0.29) is 18.4 Å². The lowest BCUT2D eigenvalue weighted by atomic mass is 10.1. The predicted molar refractivity (Wildman–Crippen MR) is 59.6 cm³/mol. The van der Waals surface area contributed by atoms with Crippen LogP contribution in [0.5, 0.6) is 0 Å². The van der Waals surface area contributed by atoms with E-state index in [9.17, 15) is 17.6 Å². The molecule has 0 fully saturated rings. The molecular formula is C12H15F4NO. The van der Waals surface area contributed by atoms with Crippen molar-refractivity contribution in [3.63, 3.8) is 0 Å². The van der Waals surface area contributed by atoms with Gasteiger partial charge in [0.25, 0.3) is 0 Å². The zero-order chi connectivity index (χ0) is 13.6. The zero-order valence-corrected chi connectivity index (χ0v) is 9.93. The van der Waals surface area contributed by atoms with Gasteiger partial charge in [0.05, 0.1) is 6.61 Å². The topological polar surface area (TPSA) is 21.3 Å².